The first kappa shape index (κ1) is 13.9. The van der Waals surface area contributed by atoms with Crippen LogP contribution in [0.5, 0.6) is 5.75 Å². The van der Waals surface area contributed by atoms with Crippen LogP contribution in [0.2, 0.25) is 0 Å². The summed E-state index contributed by atoms with van der Waals surface area (Å²) in [5.41, 5.74) is 2.09. The molecule has 4 heteroatoms. The molecule has 1 aliphatic rings. The SMILES string of the molecule is Cc1cc(C(=O)OC(C)(C)C)cc2c1OCCNC2. The van der Waals surface area contributed by atoms with Crippen molar-refractivity contribution in [3.8, 4) is 5.75 Å². The zero-order chi connectivity index (χ0) is 14.0. The van der Waals surface area contributed by atoms with Gasteiger partial charge in [-0.3, -0.25) is 0 Å². The minimum Gasteiger partial charge on any atom is -0.492 e. The Bertz CT molecular complexity index is 489. The molecule has 0 aromatic heterocycles. The molecule has 0 radical (unpaired) electrons. The number of carbonyl (C=O) groups is 1. The van der Waals surface area contributed by atoms with Crippen molar-refractivity contribution < 1.29 is 14.3 Å². The summed E-state index contributed by atoms with van der Waals surface area (Å²) in [7, 11) is 0. The first-order chi connectivity index (χ1) is 8.87. The molecule has 1 heterocycles. The lowest BCUT2D eigenvalue weighted by Crippen LogP contribution is -2.24. The van der Waals surface area contributed by atoms with Gasteiger partial charge in [0.1, 0.15) is 18.0 Å². The van der Waals surface area contributed by atoms with E-state index in [0.29, 0.717) is 18.7 Å². The van der Waals surface area contributed by atoms with Gasteiger partial charge >= 0.3 is 5.97 Å². The van der Waals surface area contributed by atoms with Gasteiger partial charge in [-0.15, -0.1) is 0 Å². The number of rotatable bonds is 1. The van der Waals surface area contributed by atoms with Crippen molar-refractivity contribution in [2.75, 3.05) is 13.2 Å². The highest BCUT2D eigenvalue weighted by Gasteiger charge is 2.20. The molecule has 104 valence electrons. The molecule has 4 nitrogen and oxygen atoms in total. The van der Waals surface area contributed by atoms with Crippen LogP contribution in [0.3, 0.4) is 0 Å². The summed E-state index contributed by atoms with van der Waals surface area (Å²) in [6, 6.07) is 3.69. The second-order valence-corrected chi connectivity index (χ2v) is 5.81. The van der Waals surface area contributed by atoms with E-state index >= 15 is 0 Å². The zero-order valence-corrected chi connectivity index (χ0v) is 12.0. The summed E-state index contributed by atoms with van der Waals surface area (Å²) in [6.45, 7) is 9.74. The second-order valence-electron chi connectivity index (χ2n) is 5.81. The maximum Gasteiger partial charge on any atom is 0.338 e. The van der Waals surface area contributed by atoms with E-state index in [1.165, 1.54) is 0 Å². The number of carbonyl (C=O) groups excluding carboxylic acids is 1. The van der Waals surface area contributed by atoms with Gasteiger partial charge in [-0.25, -0.2) is 4.79 Å². The monoisotopic (exact) mass is 263 g/mol. The molecule has 0 saturated carbocycles. The normalized spacial score (nSPS) is 15.2. The molecular formula is C15H21NO3. The molecule has 0 atom stereocenters. The fraction of sp³-hybridized carbons (Fsp3) is 0.533. The van der Waals surface area contributed by atoms with E-state index in [1.807, 2.05) is 39.8 Å². The van der Waals surface area contributed by atoms with Crippen molar-refractivity contribution in [2.24, 2.45) is 0 Å². The van der Waals surface area contributed by atoms with Crippen molar-refractivity contribution in [1.29, 1.82) is 0 Å². The zero-order valence-electron chi connectivity index (χ0n) is 12.0. The van der Waals surface area contributed by atoms with Crippen molar-refractivity contribution in [2.45, 2.75) is 39.8 Å². The van der Waals surface area contributed by atoms with E-state index in [0.717, 1.165) is 23.4 Å². The highest BCUT2D eigenvalue weighted by molar-refractivity contribution is 5.90. The summed E-state index contributed by atoms with van der Waals surface area (Å²) in [6.07, 6.45) is 0. The average Bonchev–Trinajstić information content (AvgIpc) is 2.51. The molecule has 0 spiro atoms. The summed E-state index contributed by atoms with van der Waals surface area (Å²) in [4.78, 5) is 12.1. The standard InChI is InChI=1S/C15H21NO3/c1-10-7-11(14(17)19-15(2,3)4)8-12-9-16-5-6-18-13(10)12/h7-8,16H,5-6,9H2,1-4H3. The van der Waals surface area contributed by atoms with E-state index in [9.17, 15) is 4.79 Å². The van der Waals surface area contributed by atoms with Crippen LogP contribution in [-0.2, 0) is 11.3 Å². The number of nitrogens with one attached hydrogen (secondary N) is 1. The lowest BCUT2D eigenvalue weighted by atomic mass is 10.0. The first-order valence-corrected chi connectivity index (χ1v) is 6.57. The molecule has 1 N–H and O–H groups in total. The summed E-state index contributed by atoms with van der Waals surface area (Å²) in [5.74, 6) is 0.597. The molecule has 0 amide bonds. The minimum absolute atomic E-state index is 0.289. The quantitative estimate of drug-likeness (QED) is 0.791. The third-order valence-electron chi connectivity index (χ3n) is 2.83. The summed E-state index contributed by atoms with van der Waals surface area (Å²) < 4.78 is 11.1. The Labute approximate surface area is 114 Å². The predicted molar refractivity (Wildman–Crippen MR) is 73.5 cm³/mol. The van der Waals surface area contributed by atoms with Crippen molar-refractivity contribution >= 4 is 5.97 Å². The Morgan fingerprint density at radius 3 is 2.79 bits per heavy atom. The van der Waals surface area contributed by atoms with Crippen LogP contribution < -0.4 is 10.1 Å². The Morgan fingerprint density at radius 2 is 2.11 bits per heavy atom. The lowest BCUT2D eigenvalue weighted by Gasteiger charge is -2.20. The topological polar surface area (TPSA) is 47.6 Å². The van der Waals surface area contributed by atoms with Crippen LogP contribution in [-0.4, -0.2) is 24.7 Å². The molecule has 0 aliphatic carbocycles. The number of hydrogen-bond donors (Lipinski definition) is 1. The summed E-state index contributed by atoms with van der Waals surface area (Å²) in [5, 5.41) is 3.27. The van der Waals surface area contributed by atoms with Gasteiger partial charge < -0.3 is 14.8 Å². The number of fused-ring (bicyclic) bond motifs is 1. The smallest absolute Gasteiger partial charge is 0.338 e. The first-order valence-electron chi connectivity index (χ1n) is 6.57. The Morgan fingerprint density at radius 1 is 1.37 bits per heavy atom. The lowest BCUT2D eigenvalue weighted by molar-refractivity contribution is 0.00693. The van der Waals surface area contributed by atoms with Gasteiger partial charge in [0.2, 0.25) is 0 Å². The third kappa shape index (κ3) is 3.47. The number of hydrogen-bond acceptors (Lipinski definition) is 4. The Hall–Kier alpha value is -1.55. The van der Waals surface area contributed by atoms with Gasteiger partial charge in [0.25, 0.3) is 0 Å². The van der Waals surface area contributed by atoms with Gasteiger partial charge in [0.15, 0.2) is 0 Å². The molecule has 1 aliphatic heterocycles. The average molecular weight is 263 g/mol. The van der Waals surface area contributed by atoms with Crippen LogP contribution in [0.1, 0.15) is 42.3 Å². The fourth-order valence-corrected chi connectivity index (χ4v) is 2.09. The van der Waals surface area contributed by atoms with Crippen LogP contribution in [0, 0.1) is 6.92 Å². The molecule has 1 aromatic rings. The van der Waals surface area contributed by atoms with Gasteiger partial charge in [-0.1, -0.05) is 0 Å². The van der Waals surface area contributed by atoms with E-state index < -0.39 is 5.60 Å². The highest BCUT2D eigenvalue weighted by Crippen LogP contribution is 2.27. The fourth-order valence-electron chi connectivity index (χ4n) is 2.09. The van der Waals surface area contributed by atoms with Gasteiger partial charge in [0, 0.05) is 18.7 Å². The van der Waals surface area contributed by atoms with Crippen molar-refractivity contribution in [3.63, 3.8) is 0 Å². The third-order valence-corrected chi connectivity index (χ3v) is 2.83. The molecule has 0 unspecified atom stereocenters. The molecular weight excluding hydrogens is 242 g/mol. The van der Waals surface area contributed by atoms with E-state index in [4.69, 9.17) is 9.47 Å². The maximum absolute atomic E-state index is 12.1. The van der Waals surface area contributed by atoms with E-state index in [-0.39, 0.29) is 5.97 Å². The van der Waals surface area contributed by atoms with Crippen molar-refractivity contribution in [3.05, 3.63) is 28.8 Å². The van der Waals surface area contributed by atoms with Crippen LogP contribution in [0.15, 0.2) is 12.1 Å². The molecule has 0 bridgehead atoms. The minimum atomic E-state index is -0.480. The number of esters is 1. The number of aryl methyl sites for hydroxylation is 1. The van der Waals surface area contributed by atoms with Crippen LogP contribution >= 0.6 is 0 Å². The highest BCUT2D eigenvalue weighted by atomic mass is 16.6. The largest absolute Gasteiger partial charge is 0.492 e. The Kier molecular flexibility index (Phi) is 3.80. The van der Waals surface area contributed by atoms with E-state index in [1.54, 1.807) is 0 Å². The second kappa shape index (κ2) is 5.21. The molecule has 2 rings (SSSR count). The van der Waals surface area contributed by atoms with Crippen LogP contribution in [0.25, 0.3) is 0 Å². The molecule has 1 aromatic carbocycles. The molecule has 0 saturated heterocycles. The molecule has 0 fully saturated rings. The summed E-state index contributed by atoms with van der Waals surface area (Å²) >= 11 is 0. The van der Waals surface area contributed by atoms with Gasteiger partial charge in [-0.2, -0.15) is 0 Å². The van der Waals surface area contributed by atoms with Crippen LogP contribution in [0.4, 0.5) is 0 Å². The number of ether oxygens (including phenoxy) is 2. The number of benzene rings is 1. The maximum atomic E-state index is 12.1. The predicted octanol–water partition coefficient (Wildman–Crippen LogP) is 2.43. The molecule has 19 heavy (non-hydrogen) atoms. The van der Waals surface area contributed by atoms with Gasteiger partial charge in [0.05, 0.1) is 5.56 Å². The Balaban J connectivity index is 2.31. The van der Waals surface area contributed by atoms with E-state index in [2.05, 4.69) is 5.32 Å². The van der Waals surface area contributed by atoms with Gasteiger partial charge in [-0.05, 0) is 45.4 Å². The van der Waals surface area contributed by atoms with Crippen molar-refractivity contribution in [1.82, 2.24) is 5.32 Å².